The number of carbonyl (C=O) groups is 2. The van der Waals surface area contributed by atoms with Gasteiger partial charge < -0.3 is 10.6 Å². The molecule has 1 aliphatic heterocycles. The number of nitrogens with one attached hydrogen (secondary N) is 2. The van der Waals surface area contributed by atoms with Crippen LogP contribution in [-0.2, 0) is 4.79 Å². The number of carbonyl (C=O) groups excluding carboxylic acids is 2. The molecule has 2 aromatic rings. The van der Waals surface area contributed by atoms with Crippen LogP contribution in [0.5, 0.6) is 0 Å². The van der Waals surface area contributed by atoms with Gasteiger partial charge in [0.15, 0.2) is 0 Å². The molecule has 25 heavy (non-hydrogen) atoms. The van der Waals surface area contributed by atoms with E-state index >= 15 is 0 Å². The lowest BCUT2D eigenvalue weighted by atomic mass is 10.1. The van der Waals surface area contributed by atoms with Crippen LogP contribution in [0.2, 0.25) is 0 Å². The number of thiophene rings is 1. The van der Waals surface area contributed by atoms with Crippen LogP contribution in [0.4, 0.5) is 5.69 Å². The first-order valence-electron chi connectivity index (χ1n) is 8.61. The minimum Gasteiger partial charge on any atom is -0.352 e. The lowest BCUT2D eigenvalue weighted by Gasteiger charge is -2.23. The van der Waals surface area contributed by atoms with E-state index in [0.717, 1.165) is 19.4 Å². The molecular weight excluding hydrogens is 334 g/mol. The quantitative estimate of drug-likeness (QED) is 0.834. The fourth-order valence-corrected chi connectivity index (χ4v) is 3.95. The maximum Gasteiger partial charge on any atom is 0.251 e. The van der Waals surface area contributed by atoms with Crippen molar-refractivity contribution in [3.8, 4) is 0 Å². The van der Waals surface area contributed by atoms with Crippen LogP contribution in [0.15, 0.2) is 41.1 Å². The van der Waals surface area contributed by atoms with E-state index in [1.807, 2.05) is 6.92 Å². The summed E-state index contributed by atoms with van der Waals surface area (Å²) >= 11 is 1.69. The molecule has 0 radical (unpaired) electrons. The van der Waals surface area contributed by atoms with Gasteiger partial charge in [0.1, 0.15) is 0 Å². The fourth-order valence-electron chi connectivity index (χ4n) is 3.24. The molecule has 1 aromatic carbocycles. The third kappa shape index (κ3) is 4.46. The molecule has 0 saturated carbocycles. The molecule has 1 atom stereocenters. The predicted octanol–water partition coefficient (Wildman–Crippen LogP) is 3.27. The van der Waals surface area contributed by atoms with E-state index < -0.39 is 0 Å². The molecule has 2 heterocycles. The molecule has 1 saturated heterocycles. The lowest BCUT2D eigenvalue weighted by Crippen LogP contribution is -2.32. The van der Waals surface area contributed by atoms with Gasteiger partial charge in [-0.25, -0.2) is 0 Å². The summed E-state index contributed by atoms with van der Waals surface area (Å²) in [5, 5.41) is 9.92. The van der Waals surface area contributed by atoms with E-state index in [1.165, 1.54) is 5.56 Å². The Morgan fingerprint density at radius 2 is 2.20 bits per heavy atom. The van der Waals surface area contributed by atoms with Crippen LogP contribution >= 0.6 is 11.3 Å². The molecule has 0 spiro atoms. The van der Waals surface area contributed by atoms with Crippen molar-refractivity contribution >= 4 is 28.8 Å². The van der Waals surface area contributed by atoms with Gasteiger partial charge in [-0.1, -0.05) is 6.07 Å². The molecule has 132 valence electrons. The van der Waals surface area contributed by atoms with Crippen LogP contribution in [0.25, 0.3) is 0 Å². The van der Waals surface area contributed by atoms with Crippen molar-refractivity contribution in [3.63, 3.8) is 0 Å². The molecule has 0 bridgehead atoms. The fraction of sp³-hybridized carbons (Fsp3) is 0.368. The number of hydrogen-bond donors (Lipinski definition) is 2. The Balaban J connectivity index is 1.61. The first-order chi connectivity index (χ1) is 12.2. The highest BCUT2D eigenvalue weighted by Gasteiger charge is 2.27. The van der Waals surface area contributed by atoms with E-state index in [9.17, 15) is 9.59 Å². The van der Waals surface area contributed by atoms with Gasteiger partial charge in [-0.3, -0.25) is 14.5 Å². The molecule has 2 amide bonds. The molecule has 3 rings (SSSR count). The van der Waals surface area contributed by atoms with Crippen molar-refractivity contribution in [1.82, 2.24) is 10.2 Å². The van der Waals surface area contributed by atoms with Gasteiger partial charge in [0.2, 0.25) is 5.91 Å². The molecule has 1 aromatic heterocycles. The highest BCUT2D eigenvalue weighted by atomic mass is 32.1. The second kappa shape index (κ2) is 8.27. The van der Waals surface area contributed by atoms with Crippen LogP contribution in [-0.4, -0.2) is 36.3 Å². The minimum absolute atomic E-state index is 0.0461. The van der Waals surface area contributed by atoms with Crippen molar-refractivity contribution < 1.29 is 9.59 Å². The topological polar surface area (TPSA) is 61.4 Å². The average Bonchev–Trinajstić information content (AvgIpc) is 3.26. The van der Waals surface area contributed by atoms with Gasteiger partial charge in [0, 0.05) is 23.8 Å². The summed E-state index contributed by atoms with van der Waals surface area (Å²) in [7, 11) is 0. The Morgan fingerprint density at radius 1 is 1.32 bits per heavy atom. The zero-order valence-corrected chi connectivity index (χ0v) is 15.1. The summed E-state index contributed by atoms with van der Waals surface area (Å²) in [6.07, 6.45) is 2.21. The SMILES string of the molecule is CCNC(=O)c1cccc(NC(=O)CN2CCCC2c2ccsc2)c1. The number of likely N-dealkylation sites (tertiary alicyclic amines) is 1. The van der Waals surface area contributed by atoms with E-state index in [0.29, 0.717) is 30.4 Å². The van der Waals surface area contributed by atoms with Gasteiger partial charge in [-0.05, 0) is 66.9 Å². The largest absolute Gasteiger partial charge is 0.352 e. The van der Waals surface area contributed by atoms with Crippen LogP contribution < -0.4 is 10.6 Å². The van der Waals surface area contributed by atoms with Gasteiger partial charge in [-0.2, -0.15) is 11.3 Å². The number of nitrogens with zero attached hydrogens (tertiary/aromatic N) is 1. The Hall–Kier alpha value is -2.18. The van der Waals surface area contributed by atoms with E-state index in [4.69, 9.17) is 0 Å². The highest BCUT2D eigenvalue weighted by molar-refractivity contribution is 7.07. The van der Waals surface area contributed by atoms with Crippen molar-refractivity contribution in [2.45, 2.75) is 25.8 Å². The Kier molecular flexibility index (Phi) is 5.83. The smallest absolute Gasteiger partial charge is 0.251 e. The first-order valence-corrected chi connectivity index (χ1v) is 9.56. The zero-order valence-electron chi connectivity index (χ0n) is 14.3. The molecule has 0 aliphatic carbocycles. The third-order valence-corrected chi connectivity index (χ3v) is 5.09. The summed E-state index contributed by atoms with van der Waals surface area (Å²) < 4.78 is 0. The van der Waals surface area contributed by atoms with Crippen LogP contribution in [0.1, 0.15) is 41.7 Å². The first kappa shape index (κ1) is 17.6. The Morgan fingerprint density at radius 3 is 2.96 bits per heavy atom. The standard InChI is InChI=1S/C19H23N3O2S/c1-2-20-19(24)14-5-3-6-16(11-14)21-18(23)12-22-9-4-7-17(22)15-8-10-25-13-15/h3,5-6,8,10-11,13,17H,2,4,7,9,12H2,1H3,(H,20,24)(H,21,23). The molecule has 1 unspecified atom stereocenters. The average molecular weight is 357 g/mol. The Bertz CT molecular complexity index is 730. The molecule has 2 N–H and O–H groups in total. The van der Waals surface area contributed by atoms with Gasteiger partial charge in [0.05, 0.1) is 6.54 Å². The van der Waals surface area contributed by atoms with Gasteiger partial charge in [0.25, 0.3) is 5.91 Å². The van der Waals surface area contributed by atoms with Crippen molar-refractivity contribution in [2.24, 2.45) is 0 Å². The second-order valence-electron chi connectivity index (χ2n) is 6.17. The van der Waals surface area contributed by atoms with Crippen molar-refractivity contribution in [1.29, 1.82) is 0 Å². The Labute approximate surface area is 152 Å². The van der Waals surface area contributed by atoms with Gasteiger partial charge in [-0.15, -0.1) is 0 Å². The molecule has 6 heteroatoms. The van der Waals surface area contributed by atoms with E-state index in [-0.39, 0.29) is 11.8 Å². The number of amides is 2. The summed E-state index contributed by atoms with van der Waals surface area (Å²) in [6.45, 7) is 3.76. The normalized spacial score (nSPS) is 17.4. The van der Waals surface area contributed by atoms with Crippen LogP contribution in [0.3, 0.4) is 0 Å². The maximum absolute atomic E-state index is 12.4. The number of benzene rings is 1. The molecule has 1 fully saturated rings. The summed E-state index contributed by atoms with van der Waals surface area (Å²) in [6, 6.07) is 9.52. The van der Waals surface area contributed by atoms with Crippen LogP contribution in [0, 0.1) is 0 Å². The van der Waals surface area contributed by atoms with Gasteiger partial charge >= 0.3 is 0 Å². The summed E-state index contributed by atoms with van der Waals surface area (Å²) in [5.41, 5.74) is 2.51. The zero-order chi connectivity index (χ0) is 17.6. The summed E-state index contributed by atoms with van der Waals surface area (Å²) in [4.78, 5) is 26.6. The van der Waals surface area contributed by atoms with E-state index in [1.54, 1.807) is 35.6 Å². The number of hydrogen-bond acceptors (Lipinski definition) is 4. The van der Waals surface area contributed by atoms with Crippen molar-refractivity contribution in [2.75, 3.05) is 25.0 Å². The third-order valence-electron chi connectivity index (χ3n) is 4.38. The van der Waals surface area contributed by atoms with Crippen molar-refractivity contribution in [3.05, 3.63) is 52.2 Å². The predicted molar refractivity (Wildman–Crippen MR) is 101 cm³/mol. The monoisotopic (exact) mass is 357 g/mol. The molecule has 1 aliphatic rings. The summed E-state index contributed by atoms with van der Waals surface area (Å²) in [5.74, 6) is -0.175. The molecule has 5 nitrogen and oxygen atoms in total. The number of anilines is 1. The van der Waals surface area contributed by atoms with E-state index in [2.05, 4.69) is 32.4 Å². The minimum atomic E-state index is -0.129. The number of rotatable bonds is 6. The lowest BCUT2D eigenvalue weighted by molar-refractivity contribution is -0.117. The second-order valence-corrected chi connectivity index (χ2v) is 6.95. The highest BCUT2D eigenvalue weighted by Crippen LogP contribution is 2.32. The molecular formula is C19H23N3O2S. The maximum atomic E-state index is 12.4.